The van der Waals surface area contributed by atoms with E-state index in [0.717, 1.165) is 38.2 Å². The van der Waals surface area contributed by atoms with E-state index >= 15 is 0 Å². The second-order valence-electron chi connectivity index (χ2n) is 5.39. The lowest BCUT2D eigenvalue weighted by molar-refractivity contribution is 0.266. The van der Waals surface area contributed by atoms with Crippen molar-refractivity contribution < 1.29 is 4.39 Å². The summed E-state index contributed by atoms with van der Waals surface area (Å²) in [5, 5.41) is 0. The van der Waals surface area contributed by atoms with Crippen molar-refractivity contribution in [1.82, 2.24) is 4.90 Å². The van der Waals surface area contributed by atoms with Crippen LogP contribution in [0.5, 0.6) is 0 Å². The van der Waals surface area contributed by atoms with E-state index in [0.29, 0.717) is 5.69 Å². The molecule has 3 rings (SSSR count). The number of aliphatic imine (C=N–C) groups is 1. The third kappa shape index (κ3) is 3.76. The van der Waals surface area contributed by atoms with Gasteiger partial charge < -0.3 is 0 Å². The fourth-order valence-corrected chi connectivity index (χ4v) is 2.64. The Morgan fingerprint density at radius 2 is 1.57 bits per heavy atom. The first-order valence-corrected chi connectivity index (χ1v) is 7.38. The fourth-order valence-electron chi connectivity index (χ4n) is 2.64. The van der Waals surface area contributed by atoms with Crippen molar-refractivity contribution in [2.45, 2.75) is 19.4 Å². The summed E-state index contributed by atoms with van der Waals surface area (Å²) in [5.41, 5.74) is 2.90. The molecule has 2 aromatic rings. The molecule has 0 spiro atoms. The number of para-hydroxylation sites is 1. The van der Waals surface area contributed by atoms with Crippen LogP contribution in [0.2, 0.25) is 0 Å². The topological polar surface area (TPSA) is 15.6 Å². The monoisotopic (exact) mass is 282 g/mol. The molecule has 0 saturated carbocycles. The SMILES string of the molecule is Fc1ccccc1N=C1CCN(Cc2ccccc2)CC1. The number of rotatable bonds is 3. The molecule has 1 aliphatic rings. The molecule has 1 heterocycles. The Hall–Kier alpha value is -2.00. The van der Waals surface area contributed by atoms with Crippen molar-refractivity contribution in [3.05, 3.63) is 66.0 Å². The van der Waals surface area contributed by atoms with Gasteiger partial charge in [0.25, 0.3) is 0 Å². The van der Waals surface area contributed by atoms with E-state index in [1.165, 1.54) is 11.6 Å². The Morgan fingerprint density at radius 3 is 2.29 bits per heavy atom. The zero-order chi connectivity index (χ0) is 14.5. The van der Waals surface area contributed by atoms with E-state index in [1.54, 1.807) is 12.1 Å². The molecule has 0 aliphatic carbocycles. The predicted octanol–water partition coefficient (Wildman–Crippen LogP) is 4.19. The van der Waals surface area contributed by atoms with E-state index < -0.39 is 0 Å². The number of benzene rings is 2. The van der Waals surface area contributed by atoms with Crippen LogP contribution in [0, 0.1) is 5.82 Å². The van der Waals surface area contributed by atoms with Gasteiger partial charge >= 0.3 is 0 Å². The summed E-state index contributed by atoms with van der Waals surface area (Å²) in [6, 6.07) is 17.2. The fraction of sp³-hybridized carbons (Fsp3) is 0.278. The standard InChI is InChI=1S/C18H19FN2/c19-17-8-4-5-9-18(17)20-16-10-12-21(13-11-16)14-15-6-2-1-3-7-15/h1-9H,10-14H2. The Kier molecular flexibility index (Phi) is 4.41. The van der Waals surface area contributed by atoms with Crippen LogP contribution in [0.15, 0.2) is 59.6 Å². The van der Waals surface area contributed by atoms with Gasteiger partial charge in [-0.05, 0) is 30.5 Å². The Balaban J connectivity index is 1.59. The molecular weight excluding hydrogens is 263 g/mol. The molecule has 3 heteroatoms. The van der Waals surface area contributed by atoms with Gasteiger partial charge in [-0.25, -0.2) is 4.39 Å². The van der Waals surface area contributed by atoms with Crippen LogP contribution in [0.1, 0.15) is 18.4 Å². The molecule has 1 aliphatic heterocycles. The van der Waals surface area contributed by atoms with Crippen molar-refractivity contribution >= 4 is 11.4 Å². The number of likely N-dealkylation sites (tertiary alicyclic amines) is 1. The average Bonchev–Trinajstić information content (AvgIpc) is 2.52. The summed E-state index contributed by atoms with van der Waals surface area (Å²) in [5.74, 6) is -0.239. The minimum atomic E-state index is -0.239. The van der Waals surface area contributed by atoms with Crippen LogP contribution in [0.3, 0.4) is 0 Å². The molecule has 0 amide bonds. The van der Waals surface area contributed by atoms with E-state index in [1.807, 2.05) is 12.1 Å². The normalized spacial score (nSPS) is 16.0. The summed E-state index contributed by atoms with van der Waals surface area (Å²) in [6.45, 7) is 2.96. The summed E-state index contributed by atoms with van der Waals surface area (Å²) in [4.78, 5) is 6.90. The second kappa shape index (κ2) is 6.64. The minimum Gasteiger partial charge on any atom is -0.298 e. The van der Waals surface area contributed by atoms with Crippen LogP contribution in [0.25, 0.3) is 0 Å². The number of halogens is 1. The van der Waals surface area contributed by atoms with Gasteiger partial charge in [-0.15, -0.1) is 0 Å². The maximum atomic E-state index is 13.6. The summed E-state index contributed by atoms with van der Waals surface area (Å²) >= 11 is 0. The van der Waals surface area contributed by atoms with Gasteiger partial charge in [0.2, 0.25) is 0 Å². The molecule has 0 unspecified atom stereocenters. The van der Waals surface area contributed by atoms with Gasteiger partial charge in [-0.1, -0.05) is 42.5 Å². The van der Waals surface area contributed by atoms with Gasteiger partial charge in [0.1, 0.15) is 5.82 Å². The first-order chi connectivity index (χ1) is 10.3. The van der Waals surface area contributed by atoms with E-state index in [4.69, 9.17) is 0 Å². The highest BCUT2D eigenvalue weighted by atomic mass is 19.1. The van der Waals surface area contributed by atoms with Crippen molar-refractivity contribution in [1.29, 1.82) is 0 Å². The van der Waals surface area contributed by atoms with Crippen molar-refractivity contribution in [2.75, 3.05) is 13.1 Å². The van der Waals surface area contributed by atoms with Crippen molar-refractivity contribution in [3.8, 4) is 0 Å². The third-order valence-corrected chi connectivity index (χ3v) is 3.81. The molecule has 108 valence electrons. The quantitative estimate of drug-likeness (QED) is 0.824. The number of hydrogen-bond acceptors (Lipinski definition) is 2. The van der Waals surface area contributed by atoms with Gasteiger partial charge in [-0.3, -0.25) is 9.89 Å². The Bertz CT molecular complexity index is 612. The summed E-state index contributed by atoms with van der Waals surface area (Å²) in [6.07, 6.45) is 1.84. The van der Waals surface area contributed by atoms with Crippen LogP contribution in [-0.2, 0) is 6.54 Å². The summed E-state index contributed by atoms with van der Waals surface area (Å²) in [7, 11) is 0. The van der Waals surface area contributed by atoms with E-state index in [9.17, 15) is 4.39 Å². The highest BCUT2D eigenvalue weighted by Gasteiger charge is 2.15. The Morgan fingerprint density at radius 1 is 0.905 bits per heavy atom. The average molecular weight is 282 g/mol. The lowest BCUT2D eigenvalue weighted by Crippen LogP contribution is -2.33. The van der Waals surface area contributed by atoms with Gasteiger partial charge in [0, 0.05) is 25.3 Å². The molecule has 0 N–H and O–H groups in total. The second-order valence-corrected chi connectivity index (χ2v) is 5.39. The molecule has 0 aromatic heterocycles. The molecule has 0 radical (unpaired) electrons. The minimum absolute atomic E-state index is 0.239. The maximum Gasteiger partial charge on any atom is 0.148 e. The maximum absolute atomic E-state index is 13.6. The number of nitrogens with zero attached hydrogens (tertiary/aromatic N) is 2. The zero-order valence-electron chi connectivity index (χ0n) is 12.0. The molecule has 2 nitrogen and oxygen atoms in total. The number of hydrogen-bond donors (Lipinski definition) is 0. The van der Waals surface area contributed by atoms with Crippen molar-refractivity contribution in [2.24, 2.45) is 4.99 Å². The largest absolute Gasteiger partial charge is 0.298 e. The Labute approximate surface area is 124 Å². The lowest BCUT2D eigenvalue weighted by atomic mass is 10.1. The molecule has 0 bridgehead atoms. The van der Waals surface area contributed by atoms with Crippen LogP contribution in [0.4, 0.5) is 10.1 Å². The molecular formula is C18H19FN2. The smallest absolute Gasteiger partial charge is 0.148 e. The highest BCUT2D eigenvalue weighted by Crippen LogP contribution is 2.20. The van der Waals surface area contributed by atoms with Gasteiger partial charge in [-0.2, -0.15) is 0 Å². The molecule has 0 atom stereocenters. The van der Waals surface area contributed by atoms with E-state index in [2.05, 4.69) is 34.2 Å². The highest BCUT2D eigenvalue weighted by molar-refractivity contribution is 5.87. The molecule has 1 fully saturated rings. The molecule has 1 saturated heterocycles. The van der Waals surface area contributed by atoms with Crippen LogP contribution >= 0.6 is 0 Å². The molecule has 2 aromatic carbocycles. The van der Waals surface area contributed by atoms with Gasteiger partial charge in [0.15, 0.2) is 0 Å². The van der Waals surface area contributed by atoms with Crippen molar-refractivity contribution in [3.63, 3.8) is 0 Å². The summed E-state index contributed by atoms with van der Waals surface area (Å²) < 4.78 is 13.6. The van der Waals surface area contributed by atoms with Crippen LogP contribution < -0.4 is 0 Å². The molecule has 21 heavy (non-hydrogen) atoms. The van der Waals surface area contributed by atoms with E-state index in [-0.39, 0.29) is 5.82 Å². The first-order valence-electron chi connectivity index (χ1n) is 7.38. The lowest BCUT2D eigenvalue weighted by Gasteiger charge is -2.27. The number of piperidine rings is 1. The van der Waals surface area contributed by atoms with Gasteiger partial charge in [0.05, 0.1) is 5.69 Å². The first kappa shape index (κ1) is 14.0. The van der Waals surface area contributed by atoms with Crippen LogP contribution in [-0.4, -0.2) is 23.7 Å². The predicted molar refractivity (Wildman–Crippen MR) is 84.4 cm³/mol. The zero-order valence-corrected chi connectivity index (χ0v) is 12.0. The third-order valence-electron chi connectivity index (χ3n) is 3.81.